The van der Waals surface area contributed by atoms with Crippen molar-refractivity contribution in [3.05, 3.63) is 76.7 Å². The lowest BCUT2D eigenvalue weighted by Gasteiger charge is -2.11. The molecule has 0 saturated heterocycles. The second kappa shape index (κ2) is 7.86. The number of alkyl halides is 4. The van der Waals surface area contributed by atoms with E-state index >= 15 is 0 Å². The number of carbonyl (C=O) groups excluding carboxylic acids is 1. The Bertz CT molecular complexity index is 1240. The quantitative estimate of drug-likeness (QED) is 0.444. The van der Waals surface area contributed by atoms with Crippen molar-refractivity contribution in [3.8, 4) is 0 Å². The molecule has 6 nitrogen and oxygen atoms in total. The third kappa shape index (κ3) is 4.00. The van der Waals surface area contributed by atoms with Gasteiger partial charge in [0.1, 0.15) is 18.5 Å². The summed E-state index contributed by atoms with van der Waals surface area (Å²) in [6.07, 6.45) is -3.47. The standard InChI is InChI=1S/C21H16F4N4O2/c1-12-16(11-31-28-12)20(30)26-19-15-3-2-4-17(21(23,24)25)18(15)29(27-19)10-14-7-5-13(9-22)6-8-14/h2-8,11H,9-10H2,1H3,(H,26,27,30). The highest BCUT2D eigenvalue weighted by molar-refractivity contribution is 6.08. The SMILES string of the molecule is Cc1nocc1C(=O)Nc1nn(Cc2ccc(CF)cc2)c2c(C(F)(F)F)cccc12. The maximum atomic E-state index is 13.7. The molecule has 1 amide bonds. The van der Waals surface area contributed by atoms with Crippen molar-refractivity contribution in [1.29, 1.82) is 0 Å². The molecule has 0 fully saturated rings. The summed E-state index contributed by atoms with van der Waals surface area (Å²) >= 11 is 0. The van der Waals surface area contributed by atoms with E-state index in [0.29, 0.717) is 16.8 Å². The molecule has 1 N–H and O–H groups in total. The molecule has 2 aromatic heterocycles. The van der Waals surface area contributed by atoms with Crippen LogP contribution in [-0.4, -0.2) is 20.8 Å². The van der Waals surface area contributed by atoms with E-state index in [1.54, 1.807) is 31.2 Å². The van der Waals surface area contributed by atoms with Gasteiger partial charge < -0.3 is 9.84 Å². The van der Waals surface area contributed by atoms with Gasteiger partial charge in [0.15, 0.2) is 5.82 Å². The second-order valence-electron chi connectivity index (χ2n) is 6.92. The number of nitrogens with zero attached hydrogens (tertiary/aromatic N) is 3. The summed E-state index contributed by atoms with van der Waals surface area (Å²) < 4.78 is 59.8. The monoisotopic (exact) mass is 432 g/mol. The largest absolute Gasteiger partial charge is 0.418 e. The van der Waals surface area contributed by atoms with E-state index < -0.39 is 24.3 Å². The van der Waals surface area contributed by atoms with E-state index in [0.717, 1.165) is 12.3 Å². The lowest BCUT2D eigenvalue weighted by Crippen LogP contribution is -2.13. The van der Waals surface area contributed by atoms with Crippen molar-refractivity contribution in [3.63, 3.8) is 0 Å². The van der Waals surface area contributed by atoms with Crippen LogP contribution >= 0.6 is 0 Å². The van der Waals surface area contributed by atoms with Crippen LogP contribution in [0, 0.1) is 6.92 Å². The van der Waals surface area contributed by atoms with Gasteiger partial charge >= 0.3 is 6.18 Å². The average molecular weight is 432 g/mol. The van der Waals surface area contributed by atoms with Crippen LogP contribution in [0.2, 0.25) is 0 Å². The van der Waals surface area contributed by atoms with Gasteiger partial charge in [0.25, 0.3) is 5.91 Å². The van der Waals surface area contributed by atoms with Crippen LogP contribution in [0.3, 0.4) is 0 Å². The number of aromatic nitrogens is 3. The molecule has 0 saturated carbocycles. The number of anilines is 1. The zero-order valence-corrected chi connectivity index (χ0v) is 16.2. The molecule has 160 valence electrons. The Balaban J connectivity index is 1.80. The maximum Gasteiger partial charge on any atom is 0.418 e. The number of benzene rings is 2. The lowest BCUT2D eigenvalue weighted by molar-refractivity contribution is -0.136. The van der Waals surface area contributed by atoms with Crippen molar-refractivity contribution in [2.75, 3.05) is 5.32 Å². The molecule has 4 aromatic rings. The fourth-order valence-corrected chi connectivity index (χ4v) is 3.26. The maximum absolute atomic E-state index is 13.7. The van der Waals surface area contributed by atoms with E-state index in [-0.39, 0.29) is 28.8 Å². The zero-order valence-electron chi connectivity index (χ0n) is 16.2. The molecule has 0 unspecified atom stereocenters. The smallest absolute Gasteiger partial charge is 0.364 e. The summed E-state index contributed by atoms with van der Waals surface area (Å²) in [5.41, 5.74) is 0.538. The first-order valence-corrected chi connectivity index (χ1v) is 9.20. The normalized spacial score (nSPS) is 11.8. The Morgan fingerprint density at radius 2 is 1.84 bits per heavy atom. The first-order valence-electron chi connectivity index (χ1n) is 9.20. The molecule has 2 aromatic carbocycles. The van der Waals surface area contributed by atoms with Gasteiger partial charge in [-0.15, -0.1) is 0 Å². The molecule has 31 heavy (non-hydrogen) atoms. The van der Waals surface area contributed by atoms with Crippen molar-refractivity contribution in [2.45, 2.75) is 26.3 Å². The first kappa shape index (κ1) is 20.6. The summed E-state index contributed by atoms with van der Waals surface area (Å²) in [4.78, 5) is 12.5. The number of hydrogen-bond acceptors (Lipinski definition) is 4. The molecule has 0 aliphatic carbocycles. The van der Waals surface area contributed by atoms with Crippen LogP contribution in [0.5, 0.6) is 0 Å². The summed E-state index contributed by atoms with van der Waals surface area (Å²) in [5, 5.41) is 10.5. The molecule has 4 rings (SSSR count). The van der Waals surface area contributed by atoms with Gasteiger partial charge in [-0.2, -0.15) is 18.3 Å². The van der Waals surface area contributed by atoms with Crippen LogP contribution in [0.4, 0.5) is 23.4 Å². The summed E-state index contributed by atoms with van der Waals surface area (Å²) in [6.45, 7) is 0.929. The van der Waals surface area contributed by atoms with Crippen LogP contribution in [0.25, 0.3) is 10.9 Å². The van der Waals surface area contributed by atoms with Gasteiger partial charge in [-0.05, 0) is 30.2 Å². The Hall–Kier alpha value is -3.69. The number of aryl methyl sites for hydroxylation is 1. The highest BCUT2D eigenvalue weighted by atomic mass is 19.4. The van der Waals surface area contributed by atoms with E-state index in [4.69, 9.17) is 4.52 Å². The Kier molecular flexibility index (Phi) is 5.22. The minimum atomic E-state index is -4.62. The average Bonchev–Trinajstić information content (AvgIpc) is 3.31. The predicted molar refractivity (Wildman–Crippen MR) is 104 cm³/mol. The van der Waals surface area contributed by atoms with Crippen molar-refractivity contribution in [2.24, 2.45) is 0 Å². The minimum Gasteiger partial charge on any atom is -0.364 e. The Morgan fingerprint density at radius 3 is 2.45 bits per heavy atom. The highest BCUT2D eigenvalue weighted by Gasteiger charge is 2.35. The number of carbonyl (C=O) groups is 1. The highest BCUT2D eigenvalue weighted by Crippen LogP contribution is 2.37. The number of amides is 1. The van der Waals surface area contributed by atoms with Gasteiger partial charge in [0, 0.05) is 5.39 Å². The number of rotatable bonds is 5. The number of fused-ring (bicyclic) bond motifs is 1. The van der Waals surface area contributed by atoms with E-state index in [9.17, 15) is 22.4 Å². The topological polar surface area (TPSA) is 73.0 Å². The fourth-order valence-electron chi connectivity index (χ4n) is 3.26. The molecule has 0 bridgehead atoms. The van der Waals surface area contributed by atoms with Crippen LogP contribution in [0.15, 0.2) is 53.3 Å². The summed E-state index contributed by atoms with van der Waals surface area (Å²) in [6, 6.07) is 10.0. The number of nitrogens with one attached hydrogen (secondary N) is 1. The van der Waals surface area contributed by atoms with E-state index in [2.05, 4.69) is 15.6 Å². The number of hydrogen-bond donors (Lipinski definition) is 1. The van der Waals surface area contributed by atoms with Crippen LogP contribution in [0.1, 0.15) is 32.7 Å². The first-order chi connectivity index (χ1) is 14.8. The third-order valence-electron chi connectivity index (χ3n) is 4.81. The van der Waals surface area contributed by atoms with Crippen molar-refractivity contribution in [1.82, 2.24) is 14.9 Å². The molecular formula is C21H16F4N4O2. The molecule has 0 aliphatic heterocycles. The predicted octanol–water partition coefficient (Wildman–Crippen LogP) is 5.12. The molecule has 0 spiro atoms. The Morgan fingerprint density at radius 1 is 1.13 bits per heavy atom. The van der Waals surface area contributed by atoms with E-state index in [1.165, 1.54) is 16.8 Å². The van der Waals surface area contributed by atoms with Gasteiger partial charge in [-0.3, -0.25) is 9.48 Å². The molecule has 0 radical (unpaired) electrons. The minimum absolute atomic E-state index is 0.00166. The number of para-hydroxylation sites is 1. The summed E-state index contributed by atoms with van der Waals surface area (Å²) in [7, 11) is 0. The van der Waals surface area contributed by atoms with Crippen molar-refractivity contribution >= 4 is 22.6 Å². The van der Waals surface area contributed by atoms with Crippen LogP contribution in [-0.2, 0) is 19.4 Å². The Labute approximate surface area is 173 Å². The van der Waals surface area contributed by atoms with Crippen LogP contribution < -0.4 is 5.32 Å². The van der Waals surface area contributed by atoms with E-state index in [1.807, 2.05) is 0 Å². The second-order valence-corrected chi connectivity index (χ2v) is 6.92. The summed E-state index contributed by atoms with van der Waals surface area (Å²) in [5.74, 6) is -0.623. The van der Waals surface area contributed by atoms with Gasteiger partial charge in [0.2, 0.25) is 0 Å². The van der Waals surface area contributed by atoms with Gasteiger partial charge in [0.05, 0.1) is 23.3 Å². The zero-order chi connectivity index (χ0) is 22.2. The van der Waals surface area contributed by atoms with Gasteiger partial charge in [-0.1, -0.05) is 35.5 Å². The molecule has 10 heteroatoms. The molecule has 2 heterocycles. The molecule has 0 atom stereocenters. The molecule has 0 aliphatic rings. The van der Waals surface area contributed by atoms with Crippen molar-refractivity contribution < 1.29 is 26.9 Å². The number of halogens is 4. The molecular weight excluding hydrogens is 416 g/mol. The van der Waals surface area contributed by atoms with Gasteiger partial charge in [-0.25, -0.2) is 4.39 Å². The fraction of sp³-hybridized carbons (Fsp3) is 0.190. The third-order valence-corrected chi connectivity index (χ3v) is 4.81. The lowest BCUT2D eigenvalue weighted by atomic mass is 10.1.